The van der Waals surface area contributed by atoms with Crippen LogP contribution in [0.1, 0.15) is 30.0 Å². The van der Waals surface area contributed by atoms with Crippen LogP contribution in [0.25, 0.3) is 10.7 Å². The summed E-state index contributed by atoms with van der Waals surface area (Å²) in [7, 11) is 0. The minimum atomic E-state index is -4.41. The number of hydrogen-bond donors (Lipinski definition) is 0. The van der Waals surface area contributed by atoms with E-state index in [1.165, 1.54) is 22.1 Å². The van der Waals surface area contributed by atoms with E-state index < -0.39 is 11.7 Å². The summed E-state index contributed by atoms with van der Waals surface area (Å²) in [5.74, 6) is 0.592. The van der Waals surface area contributed by atoms with Crippen LogP contribution in [0.5, 0.6) is 0 Å². The Kier molecular flexibility index (Phi) is 3.79. The van der Waals surface area contributed by atoms with Gasteiger partial charge in [-0.25, -0.2) is 9.48 Å². The highest BCUT2D eigenvalue weighted by Crippen LogP contribution is 2.37. The Labute approximate surface area is 145 Å². The molecule has 0 unspecified atom stereocenters. The van der Waals surface area contributed by atoms with Crippen molar-refractivity contribution in [2.45, 2.75) is 31.6 Å². The summed E-state index contributed by atoms with van der Waals surface area (Å²) in [5, 5.41) is 6.30. The minimum absolute atomic E-state index is 0.0147. The first kappa shape index (κ1) is 16.1. The number of thiophene rings is 1. The molecule has 0 amide bonds. The predicted octanol–water partition coefficient (Wildman–Crippen LogP) is 4.18. The quantitative estimate of drug-likeness (QED) is 0.696. The van der Waals surface area contributed by atoms with E-state index in [9.17, 15) is 18.0 Å². The highest BCUT2D eigenvalue weighted by Gasteiger charge is 2.32. The number of benzene rings is 1. The van der Waals surface area contributed by atoms with E-state index >= 15 is 0 Å². The van der Waals surface area contributed by atoms with Gasteiger partial charge in [0.25, 0.3) is 0 Å². The van der Waals surface area contributed by atoms with Crippen LogP contribution in [-0.2, 0) is 12.7 Å². The molecule has 0 N–H and O–H groups in total. The normalized spacial score (nSPS) is 14.8. The number of nitrogens with zero attached hydrogens (tertiary/aromatic N) is 3. The van der Waals surface area contributed by atoms with E-state index in [1.807, 2.05) is 17.5 Å². The largest absolute Gasteiger partial charge is 0.416 e. The summed E-state index contributed by atoms with van der Waals surface area (Å²) in [4.78, 5) is 13.6. The molecule has 1 aromatic carbocycles. The molecule has 25 heavy (non-hydrogen) atoms. The molecule has 0 saturated heterocycles. The summed E-state index contributed by atoms with van der Waals surface area (Å²) < 4.78 is 41.5. The molecule has 0 atom stereocenters. The van der Waals surface area contributed by atoms with Gasteiger partial charge < -0.3 is 0 Å². The average Bonchev–Trinajstić information content (AvgIpc) is 3.14. The van der Waals surface area contributed by atoms with Gasteiger partial charge in [0.15, 0.2) is 5.82 Å². The Balaban J connectivity index is 1.72. The van der Waals surface area contributed by atoms with Crippen LogP contribution in [0.2, 0.25) is 0 Å². The second-order valence-electron chi connectivity index (χ2n) is 6.04. The minimum Gasteiger partial charge on any atom is -0.271 e. The fourth-order valence-corrected chi connectivity index (χ4v) is 3.48. The van der Waals surface area contributed by atoms with Crippen molar-refractivity contribution in [3.63, 3.8) is 0 Å². The Hall–Kier alpha value is -2.35. The van der Waals surface area contributed by atoms with E-state index in [0.717, 1.165) is 29.9 Å². The molecule has 0 radical (unpaired) electrons. The van der Waals surface area contributed by atoms with Crippen molar-refractivity contribution in [3.05, 3.63) is 63.4 Å². The van der Waals surface area contributed by atoms with Crippen molar-refractivity contribution in [1.29, 1.82) is 0 Å². The molecule has 4 nitrogen and oxygen atoms in total. The summed E-state index contributed by atoms with van der Waals surface area (Å²) in [6.45, 7) is 0.0147. The van der Waals surface area contributed by atoms with Crippen molar-refractivity contribution < 1.29 is 13.2 Å². The molecular weight excluding hydrogens is 351 g/mol. The van der Waals surface area contributed by atoms with Gasteiger partial charge in [0.1, 0.15) is 0 Å². The molecule has 0 aliphatic heterocycles. The third kappa shape index (κ3) is 3.13. The van der Waals surface area contributed by atoms with E-state index in [-0.39, 0.29) is 18.3 Å². The molecule has 1 saturated carbocycles. The lowest BCUT2D eigenvalue weighted by molar-refractivity contribution is -0.137. The first-order chi connectivity index (χ1) is 11.9. The molecule has 130 valence electrons. The van der Waals surface area contributed by atoms with Gasteiger partial charge in [-0.2, -0.15) is 13.2 Å². The Morgan fingerprint density at radius 3 is 2.64 bits per heavy atom. The Morgan fingerprint density at radius 1 is 1.20 bits per heavy atom. The summed E-state index contributed by atoms with van der Waals surface area (Å²) in [6, 6.07) is 8.91. The highest BCUT2D eigenvalue weighted by molar-refractivity contribution is 7.13. The topological polar surface area (TPSA) is 39.8 Å². The van der Waals surface area contributed by atoms with Gasteiger partial charge in [0.2, 0.25) is 0 Å². The molecule has 3 aromatic rings. The van der Waals surface area contributed by atoms with Crippen molar-refractivity contribution in [1.82, 2.24) is 14.3 Å². The standard InChI is InChI=1S/C17H14F3N3OS/c18-17(19,20)12-4-1-3-11(9-12)10-22-16(24)23(13-6-7-13)15(21-22)14-5-2-8-25-14/h1-5,8-9,13H,6-7,10H2. The molecule has 1 aliphatic carbocycles. The summed E-state index contributed by atoms with van der Waals surface area (Å²) in [6.07, 6.45) is -2.56. The number of halogens is 3. The van der Waals surface area contributed by atoms with Crippen LogP contribution in [0, 0.1) is 0 Å². The van der Waals surface area contributed by atoms with Gasteiger partial charge in [0, 0.05) is 6.04 Å². The van der Waals surface area contributed by atoms with Crippen molar-refractivity contribution in [2.75, 3.05) is 0 Å². The maximum absolute atomic E-state index is 12.9. The fourth-order valence-electron chi connectivity index (χ4n) is 2.78. The lowest BCUT2D eigenvalue weighted by atomic mass is 10.1. The number of aromatic nitrogens is 3. The zero-order chi connectivity index (χ0) is 17.6. The van der Waals surface area contributed by atoms with Crippen molar-refractivity contribution in [2.24, 2.45) is 0 Å². The molecule has 1 aliphatic rings. The maximum atomic E-state index is 12.9. The molecule has 8 heteroatoms. The van der Waals surface area contributed by atoms with E-state index in [4.69, 9.17) is 0 Å². The Bertz CT molecular complexity index is 952. The maximum Gasteiger partial charge on any atom is 0.416 e. The van der Waals surface area contributed by atoms with Crippen LogP contribution < -0.4 is 5.69 Å². The van der Waals surface area contributed by atoms with E-state index in [2.05, 4.69) is 5.10 Å². The molecule has 2 heterocycles. The molecule has 4 rings (SSSR count). The number of rotatable bonds is 4. The van der Waals surface area contributed by atoms with E-state index in [1.54, 1.807) is 10.6 Å². The van der Waals surface area contributed by atoms with Crippen molar-refractivity contribution >= 4 is 11.3 Å². The molecule has 0 spiro atoms. The molecule has 0 bridgehead atoms. The van der Waals surface area contributed by atoms with Gasteiger partial charge in [-0.15, -0.1) is 16.4 Å². The molecule has 2 aromatic heterocycles. The third-order valence-corrected chi connectivity index (χ3v) is 4.98. The summed E-state index contributed by atoms with van der Waals surface area (Å²) in [5.41, 5.74) is -0.600. The first-order valence-electron chi connectivity index (χ1n) is 7.83. The van der Waals surface area contributed by atoms with Gasteiger partial charge in [-0.1, -0.05) is 18.2 Å². The van der Waals surface area contributed by atoms with Crippen LogP contribution in [0.3, 0.4) is 0 Å². The van der Waals surface area contributed by atoms with Gasteiger partial charge in [0.05, 0.1) is 17.0 Å². The van der Waals surface area contributed by atoms with Crippen LogP contribution >= 0.6 is 11.3 Å². The number of alkyl halides is 3. The molecule has 1 fully saturated rings. The number of hydrogen-bond acceptors (Lipinski definition) is 3. The van der Waals surface area contributed by atoms with Crippen LogP contribution in [-0.4, -0.2) is 14.3 Å². The predicted molar refractivity (Wildman–Crippen MR) is 88.6 cm³/mol. The summed E-state index contributed by atoms with van der Waals surface area (Å²) >= 11 is 1.49. The zero-order valence-electron chi connectivity index (χ0n) is 13.0. The van der Waals surface area contributed by atoms with Crippen LogP contribution in [0.15, 0.2) is 46.6 Å². The first-order valence-corrected chi connectivity index (χ1v) is 8.71. The monoisotopic (exact) mass is 365 g/mol. The average molecular weight is 365 g/mol. The SMILES string of the molecule is O=c1n(Cc2cccc(C(F)(F)F)c2)nc(-c2cccs2)n1C1CC1. The fraction of sp³-hybridized carbons (Fsp3) is 0.294. The highest BCUT2D eigenvalue weighted by atomic mass is 32.1. The zero-order valence-corrected chi connectivity index (χ0v) is 13.8. The lowest BCUT2D eigenvalue weighted by Crippen LogP contribution is -2.25. The second kappa shape index (κ2) is 5.87. The van der Waals surface area contributed by atoms with Gasteiger partial charge in [-0.3, -0.25) is 4.57 Å². The second-order valence-corrected chi connectivity index (χ2v) is 6.99. The lowest BCUT2D eigenvalue weighted by Gasteiger charge is -2.08. The third-order valence-electron chi connectivity index (χ3n) is 4.11. The molecular formula is C17H14F3N3OS. The van der Waals surface area contributed by atoms with Crippen LogP contribution in [0.4, 0.5) is 13.2 Å². The van der Waals surface area contributed by atoms with Gasteiger partial charge in [-0.05, 0) is 42.0 Å². The van der Waals surface area contributed by atoms with Gasteiger partial charge >= 0.3 is 11.9 Å². The smallest absolute Gasteiger partial charge is 0.271 e. The van der Waals surface area contributed by atoms with Crippen molar-refractivity contribution in [3.8, 4) is 10.7 Å². The van der Waals surface area contributed by atoms with E-state index in [0.29, 0.717) is 11.4 Å². The Morgan fingerprint density at radius 2 is 2.00 bits per heavy atom.